The molecule has 0 unspecified atom stereocenters. The number of aryl methyl sites for hydroxylation is 1. The smallest absolute Gasteiger partial charge is 0.147 e. The highest BCUT2D eigenvalue weighted by atomic mass is 15.2. The van der Waals surface area contributed by atoms with Crippen LogP contribution in [0.2, 0.25) is 0 Å². The van der Waals surface area contributed by atoms with Gasteiger partial charge < -0.3 is 10.6 Å². The van der Waals surface area contributed by atoms with Gasteiger partial charge in [-0.25, -0.2) is 4.98 Å². The highest BCUT2D eigenvalue weighted by molar-refractivity contribution is 5.40. The summed E-state index contributed by atoms with van der Waals surface area (Å²) in [6.45, 7) is 2.37. The van der Waals surface area contributed by atoms with E-state index in [-0.39, 0.29) is 0 Å². The molecule has 0 radical (unpaired) electrons. The maximum atomic E-state index is 5.55. The average molecular weight is 254 g/mol. The fraction of sp³-hybridized carbons (Fsp3) is 0.333. The van der Waals surface area contributed by atoms with Crippen LogP contribution in [0.25, 0.3) is 0 Å². The lowest BCUT2D eigenvalue weighted by atomic mass is 10.0. The molecule has 2 aromatic rings. The van der Waals surface area contributed by atoms with Crippen LogP contribution >= 0.6 is 0 Å². The molecular formula is C15H18N4. The van der Waals surface area contributed by atoms with E-state index in [0.717, 1.165) is 37.4 Å². The standard InChI is InChI=1S/C15H18N4/c16-8-14-9-18-15(10-17-14)19-7-3-6-12-4-1-2-5-13(12)11-19/h1-2,4-5,9-10H,3,6-8,11,16H2. The number of fused-ring (bicyclic) bond motifs is 1. The Bertz CT molecular complexity index is 550. The van der Waals surface area contributed by atoms with E-state index >= 15 is 0 Å². The number of hydrogen-bond donors (Lipinski definition) is 1. The fourth-order valence-electron chi connectivity index (χ4n) is 2.51. The number of aromatic nitrogens is 2. The van der Waals surface area contributed by atoms with Crippen LogP contribution in [-0.2, 0) is 19.5 Å². The van der Waals surface area contributed by atoms with E-state index in [2.05, 4.69) is 39.1 Å². The molecule has 2 N–H and O–H groups in total. The van der Waals surface area contributed by atoms with Gasteiger partial charge in [0.2, 0.25) is 0 Å². The van der Waals surface area contributed by atoms with Gasteiger partial charge in [0.15, 0.2) is 0 Å². The van der Waals surface area contributed by atoms with Crippen LogP contribution in [0.3, 0.4) is 0 Å². The molecule has 0 atom stereocenters. The van der Waals surface area contributed by atoms with Crippen molar-refractivity contribution in [3.05, 3.63) is 53.5 Å². The molecule has 4 heteroatoms. The molecule has 3 rings (SSSR count). The van der Waals surface area contributed by atoms with Crippen molar-refractivity contribution in [2.45, 2.75) is 25.9 Å². The summed E-state index contributed by atoms with van der Waals surface area (Å²) in [7, 11) is 0. The van der Waals surface area contributed by atoms with Crippen molar-refractivity contribution >= 4 is 5.82 Å². The normalized spacial score (nSPS) is 14.9. The third-order valence-electron chi connectivity index (χ3n) is 3.58. The quantitative estimate of drug-likeness (QED) is 0.889. The lowest BCUT2D eigenvalue weighted by Crippen LogP contribution is -2.23. The van der Waals surface area contributed by atoms with E-state index in [1.165, 1.54) is 11.1 Å². The van der Waals surface area contributed by atoms with E-state index in [9.17, 15) is 0 Å². The molecule has 0 saturated heterocycles. The van der Waals surface area contributed by atoms with Gasteiger partial charge in [0.1, 0.15) is 5.82 Å². The van der Waals surface area contributed by atoms with Crippen LogP contribution in [0, 0.1) is 0 Å². The Balaban J connectivity index is 1.85. The van der Waals surface area contributed by atoms with Crippen molar-refractivity contribution in [1.82, 2.24) is 9.97 Å². The maximum Gasteiger partial charge on any atom is 0.147 e. The monoisotopic (exact) mass is 254 g/mol. The third kappa shape index (κ3) is 2.58. The third-order valence-corrected chi connectivity index (χ3v) is 3.58. The summed E-state index contributed by atoms with van der Waals surface area (Å²) >= 11 is 0. The van der Waals surface area contributed by atoms with Crippen molar-refractivity contribution < 1.29 is 0 Å². The van der Waals surface area contributed by atoms with E-state index in [1.807, 2.05) is 6.20 Å². The minimum Gasteiger partial charge on any atom is -0.351 e. The molecule has 1 aromatic carbocycles. The van der Waals surface area contributed by atoms with Crippen LogP contribution in [-0.4, -0.2) is 16.5 Å². The molecule has 19 heavy (non-hydrogen) atoms. The topological polar surface area (TPSA) is 55.0 Å². The molecule has 0 saturated carbocycles. The van der Waals surface area contributed by atoms with E-state index < -0.39 is 0 Å². The van der Waals surface area contributed by atoms with Gasteiger partial charge in [-0.1, -0.05) is 24.3 Å². The first-order valence-electron chi connectivity index (χ1n) is 6.69. The zero-order valence-electron chi connectivity index (χ0n) is 10.9. The van der Waals surface area contributed by atoms with Gasteiger partial charge in [-0.05, 0) is 24.0 Å². The van der Waals surface area contributed by atoms with Gasteiger partial charge in [0.05, 0.1) is 18.1 Å². The Morgan fingerprint density at radius 2 is 1.95 bits per heavy atom. The highest BCUT2D eigenvalue weighted by Crippen LogP contribution is 2.21. The molecule has 0 aliphatic carbocycles. The van der Waals surface area contributed by atoms with Gasteiger partial charge in [-0.2, -0.15) is 0 Å². The Hall–Kier alpha value is -1.94. The molecule has 0 fully saturated rings. The highest BCUT2D eigenvalue weighted by Gasteiger charge is 2.15. The van der Waals surface area contributed by atoms with Crippen molar-refractivity contribution in [1.29, 1.82) is 0 Å². The molecule has 0 spiro atoms. The van der Waals surface area contributed by atoms with Crippen molar-refractivity contribution in [3.8, 4) is 0 Å². The van der Waals surface area contributed by atoms with Gasteiger partial charge in [0, 0.05) is 19.6 Å². The maximum absolute atomic E-state index is 5.55. The number of nitrogens with two attached hydrogens (primary N) is 1. The van der Waals surface area contributed by atoms with Gasteiger partial charge in [-0.15, -0.1) is 0 Å². The summed E-state index contributed by atoms with van der Waals surface area (Å²) < 4.78 is 0. The second-order valence-corrected chi connectivity index (χ2v) is 4.86. The number of nitrogens with zero attached hydrogens (tertiary/aromatic N) is 3. The second kappa shape index (κ2) is 5.36. The fourth-order valence-corrected chi connectivity index (χ4v) is 2.51. The van der Waals surface area contributed by atoms with Gasteiger partial charge in [-0.3, -0.25) is 4.98 Å². The molecule has 1 aliphatic rings. The van der Waals surface area contributed by atoms with Crippen molar-refractivity contribution in [2.75, 3.05) is 11.4 Å². The first kappa shape index (κ1) is 12.1. The molecule has 1 aliphatic heterocycles. The lowest BCUT2D eigenvalue weighted by Gasteiger charge is -2.21. The molecule has 4 nitrogen and oxygen atoms in total. The summed E-state index contributed by atoms with van der Waals surface area (Å²) in [5.74, 6) is 0.939. The van der Waals surface area contributed by atoms with E-state index in [1.54, 1.807) is 6.20 Å². The van der Waals surface area contributed by atoms with E-state index in [0.29, 0.717) is 6.54 Å². The Kier molecular flexibility index (Phi) is 3.42. The Labute approximate surface area is 113 Å². The molecular weight excluding hydrogens is 236 g/mol. The summed E-state index contributed by atoms with van der Waals surface area (Å²) in [6.07, 6.45) is 5.89. The SMILES string of the molecule is NCc1cnc(N2CCCc3ccccc3C2)cn1. The molecule has 1 aromatic heterocycles. The van der Waals surface area contributed by atoms with Gasteiger partial charge in [0.25, 0.3) is 0 Å². The molecule has 0 amide bonds. The zero-order valence-corrected chi connectivity index (χ0v) is 10.9. The Morgan fingerprint density at radius 1 is 1.11 bits per heavy atom. The molecule has 2 heterocycles. The first-order chi connectivity index (χ1) is 9.36. The summed E-state index contributed by atoms with van der Waals surface area (Å²) in [6, 6.07) is 8.65. The predicted octanol–water partition coefficient (Wildman–Crippen LogP) is 1.89. The van der Waals surface area contributed by atoms with Crippen molar-refractivity contribution in [2.24, 2.45) is 5.73 Å². The zero-order chi connectivity index (χ0) is 13.1. The van der Waals surface area contributed by atoms with Gasteiger partial charge >= 0.3 is 0 Å². The van der Waals surface area contributed by atoms with Crippen LogP contribution in [0.4, 0.5) is 5.82 Å². The second-order valence-electron chi connectivity index (χ2n) is 4.86. The van der Waals surface area contributed by atoms with Crippen LogP contribution < -0.4 is 10.6 Å². The number of hydrogen-bond acceptors (Lipinski definition) is 4. The van der Waals surface area contributed by atoms with E-state index in [4.69, 9.17) is 5.73 Å². The summed E-state index contributed by atoms with van der Waals surface area (Å²) in [5.41, 5.74) is 9.23. The lowest BCUT2D eigenvalue weighted by molar-refractivity contribution is 0.749. The summed E-state index contributed by atoms with van der Waals surface area (Å²) in [5, 5.41) is 0. The number of benzene rings is 1. The molecule has 0 bridgehead atoms. The Morgan fingerprint density at radius 3 is 2.68 bits per heavy atom. The average Bonchev–Trinajstić information content (AvgIpc) is 2.69. The van der Waals surface area contributed by atoms with Crippen LogP contribution in [0.1, 0.15) is 23.2 Å². The van der Waals surface area contributed by atoms with Crippen LogP contribution in [0.15, 0.2) is 36.7 Å². The minimum absolute atomic E-state index is 0.441. The minimum atomic E-state index is 0.441. The number of rotatable bonds is 2. The van der Waals surface area contributed by atoms with Crippen molar-refractivity contribution in [3.63, 3.8) is 0 Å². The molecule has 98 valence electrons. The first-order valence-corrected chi connectivity index (χ1v) is 6.69. The number of anilines is 1. The largest absolute Gasteiger partial charge is 0.351 e. The van der Waals surface area contributed by atoms with Crippen LogP contribution in [0.5, 0.6) is 0 Å². The summed E-state index contributed by atoms with van der Waals surface area (Å²) in [4.78, 5) is 11.1. The predicted molar refractivity (Wildman–Crippen MR) is 75.7 cm³/mol.